The van der Waals surface area contributed by atoms with E-state index in [1.165, 1.54) is 19.5 Å². The van der Waals surface area contributed by atoms with Gasteiger partial charge in [-0.3, -0.25) is 24.4 Å². The summed E-state index contributed by atoms with van der Waals surface area (Å²) in [6, 6.07) is 6.43. The predicted octanol–water partition coefficient (Wildman–Crippen LogP) is 1.68. The highest BCUT2D eigenvalue weighted by molar-refractivity contribution is 5.96. The first-order valence-electron chi connectivity index (χ1n) is 14.9. The lowest BCUT2D eigenvalue weighted by atomic mass is 10.2. The molecule has 0 bridgehead atoms. The van der Waals surface area contributed by atoms with Gasteiger partial charge >= 0.3 is 5.97 Å². The number of carbonyl (C=O) groups excluding carboxylic acids is 4. The summed E-state index contributed by atoms with van der Waals surface area (Å²) >= 11 is 0. The summed E-state index contributed by atoms with van der Waals surface area (Å²) in [7, 11) is 9.06. The normalized spacial score (nSPS) is 14.9. The second-order valence-corrected chi connectivity index (χ2v) is 10.6. The third-order valence-electron chi connectivity index (χ3n) is 7.39. The van der Waals surface area contributed by atoms with Crippen molar-refractivity contribution in [3.63, 3.8) is 0 Å². The van der Waals surface area contributed by atoms with Crippen LogP contribution in [0.25, 0.3) is 0 Å². The number of pyridine rings is 2. The Hall–Kier alpha value is -3.94. The van der Waals surface area contributed by atoms with E-state index in [9.17, 15) is 19.2 Å². The molecular weight excluding hydrogens is 576 g/mol. The molecule has 2 aromatic heterocycles. The van der Waals surface area contributed by atoms with Crippen LogP contribution in [-0.4, -0.2) is 159 Å². The first kappa shape index (κ1) is 39.1. The van der Waals surface area contributed by atoms with Gasteiger partial charge in [-0.1, -0.05) is 14.4 Å². The molecule has 2 saturated heterocycles. The van der Waals surface area contributed by atoms with E-state index in [0.717, 1.165) is 45.8 Å². The SMILES string of the molecule is C.CCN(C)C(=O)c1ccc(C(=O)N2CCN(C)CC2)nc1.CCNC.COC(=O)c1ccc(C(=O)N2CCN(C)CC2)nc1. The van der Waals surface area contributed by atoms with Crippen molar-refractivity contribution < 1.29 is 23.9 Å². The van der Waals surface area contributed by atoms with Gasteiger partial charge in [0.05, 0.1) is 18.2 Å². The van der Waals surface area contributed by atoms with E-state index in [1.54, 1.807) is 41.1 Å². The lowest BCUT2D eigenvalue weighted by Gasteiger charge is -2.32. The van der Waals surface area contributed by atoms with Crippen LogP contribution in [-0.2, 0) is 4.74 Å². The molecule has 2 aliphatic rings. The highest BCUT2D eigenvalue weighted by Crippen LogP contribution is 2.10. The van der Waals surface area contributed by atoms with Gasteiger partial charge in [-0.05, 0) is 58.9 Å². The fraction of sp³-hybridized carbons (Fsp3) is 0.562. The summed E-state index contributed by atoms with van der Waals surface area (Å²) in [4.78, 5) is 65.5. The number of esters is 1. The maximum absolute atomic E-state index is 12.3. The minimum atomic E-state index is -0.453. The van der Waals surface area contributed by atoms with Crippen LogP contribution in [0.5, 0.6) is 0 Å². The monoisotopic (exact) mass is 628 g/mol. The van der Waals surface area contributed by atoms with E-state index in [4.69, 9.17) is 0 Å². The van der Waals surface area contributed by atoms with Crippen molar-refractivity contribution in [2.45, 2.75) is 21.3 Å². The summed E-state index contributed by atoms with van der Waals surface area (Å²) in [5, 5.41) is 2.93. The molecule has 2 fully saturated rings. The average molecular weight is 629 g/mol. The summed E-state index contributed by atoms with van der Waals surface area (Å²) in [5.74, 6) is -0.690. The smallest absolute Gasteiger partial charge is 0.339 e. The summed E-state index contributed by atoms with van der Waals surface area (Å²) in [6.45, 7) is 12.0. The fourth-order valence-electron chi connectivity index (χ4n) is 4.11. The molecule has 45 heavy (non-hydrogen) atoms. The van der Waals surface area contributed by atoms with Crippen LogP contribution in [0.4, 0.5) is 0 Å². The van der Waals surface area contributed by atoms with Gasteiger partial charge in [-0.15, -0.1) is 0 Å². The van der Waals surface area contributed by atoms with Gasteiger partial charge in [-0.2, -0.15) is 0 Å². The molecular formula is C32H52N8O5. The number of aromatic nitrogens is 2. The number of methoxy groups -OCH3 is 1. The van der Waals surface area contributed by atoms with Crippen LogP contribution < -0.4 is 5.32 Å². The van der Waals surface area contributed by atoms with Gasteiger partial charge in [0.1, 0.15) is 11.4 Å². The van der Waals surface area contributed by atoms with E-state index < -0.39 is 5.97 Å². The zero-order valence-electron chi connectivity index (χ0n) is 27.2. The van der Waals surface area contributed by atoms with Crippen LogP contribution in [0.1, 0.15) is 63.0 Å². The largest absolute Gasteiger partial charge is 0.465 e. The zero-order chi connectivity index (χ0) is 32.6. The molecule has 0 saturated carbocycles. The van der Waals surface area contributed by atoms with Crippen LogP contribution in [0, 0.1) is 0 Å². The average Bonchev–Trinajstić information content (AvgIpc) is 3.07. The molecule has 2 aliphatic heterocycles. The highest BCUT2D eigenvalue weighted by Gasteiger charge is 2.23. The Kier molecular flexibility index (Phi) is 17.5. The Morgan fingerprint density at radius 2 is 1.18 bits per heavy atom. The number of ether oxygens (including phenoxy) is 1. The third kappa shape index (κ3) is 12.2. The standard InChI is InChI=1S/C15H22N4O2.C13H17N3O3.C3H9N.CH4/c1-4-18(3)14(20)12-5-6-13(16-11-12)15(21)19-9-7-17(2)8-10-19;1-15-5-7-16(8-6-15)12(17)11-4-3-10(9-14-11)13(18)19-2;1-3-4-2;/h5-6,11H,4,7-10H2,1-3H3;3-4,9H,5-8H2,1-2H3;4H,3H2,1-2H3;1H4. The van der Waals surface area contributed by atoms with Gasteiger partial charge in [0.25, 0.3) is 17.7 Å². The molecule has 2 aromatic rings. The Morgan fingerprint density at radius 1 is 0.778 bits per heavy atom. The first-order valence-corrected chi connectivity index (χ1v) is 14.9. The maximum Gasteiger partial charge on any atom is 0.339 e. The quantitative estimate of drug-likeness (QED) is 0.472. The lowest BCUT2D eigenvalue weighted by molar-refractivity contribution is 0.0596. The number of piperazine rings is 2. The Labute approximate surface area is 268 Å². The van der Waals surface area contributed by atoms with Crippen molar-refractivity contribution in [1.29, 1.82) is 0 Å². The molecule has 13 heteroatoms. The second-order valence-electron chi connectivity index (χ2n) is 10.6. The molecule has 0 aliphatic carbocycles. The number of hydrogen-bond acceptors (Lipinski definition) is 10. The molecule has 0 radical (unpaired) electrons. The number of likely N-dealkylation sites (N-methyl/N-ethyl adjacent to an activating group) is 2. The third-order valence-corrected chi connectivity index (χ3v) is 7.39. The van der Waals surface area contributed by atoms with E-state index in [-0.39, 0.29) is 25.1 Å². The van der Waals surface area contributed by atoms with Crippen molar-refractivity contribution in [1.82, 2.24) is 39.8 Å². The number of hydrogen-bond donors (Lipinski definition) is 1. The Balaban J connectivity index is 0.000000396. The van der Waals surface area contributed by atoms with E-state index in [2.05, 4.69) is 36.7 Å². The molecule has 250 valence electrons. The molecule has 0 spiro atoms. The molecule has 0 aromatic carbocycles. The van der Waals surface area contributed by atoms with Crippen molar-refractivity contribution in [2.75, 3.05) is 101 Å². The van der Waals surface area contributed by atoms with Crippen molar-refractivity contribution in [2.24, 2.45) is 0 Å². The fourth-order valence-corrected chi connectivity index (χ4v) is 4.11. The molecule has 3 amide bonds. The van der Waals surface area contributed by atoms with Crippen LogP contribution in [0.3, 0.4) is 0 Å². The van der Waals surface area contributed by atoms with Crippen LogP contribution >= 0.6 is 0 Å². The summed E-state index contributed by atoms with van der Waals surface area (Å²) in [5.41, 5.74) is 1.61. The molecule has 1 N–H and O–H groups in total. The topological polar surface area (TPSA) is 132 Å². The van der Waals surface area contributed by atoms with Gasteiger partial charge in [0, 0.05) is 78.3 Å². The first-order chi connectivity index (χ1) is 21.1. The van der Waals surface area contributed by atoms with E-state index in [1.807, 2.05) is 33.0 Å². The molecule has 13 nitrogen and oxygen atoms in total. The van der Waals surface area contributed by atoms with E-state index in [0.29, 0.717) is 42.1 Å². The minimum Gasteiger partial charge on any atom is -0.465 e. The number of nitrogens with zero attached hydrogens (tertiary/aromatic N) is 7. The number of nitrogens with one attached hydrogen (secondary N) is 1. The maximum atomic E-state index is 12.3. The number of carbonyl (C=O) groups is 4. The minimum absolute atomic E-state index is 0. The van der Waals surface area contributed by atoms with Crippen LogP contribution in [0.2, 0.25) is 0 Å². The predicted molar refractivity (Wildman–Crippen MR) is 176 cm³/mol. The number of rotatable bonds is 6. The number of amides is 3. The summed E-state index contributed by atoms with van der Waals surface area (Å²) < 4.78 is 4.58. The van der Waals surface area contributed by atoms with Gasteiger partial charge in [0.15, 0.2) is 0 Å². The molecule has 0 unspecified atom stereocenters. The molecule has 0 atom stereocenters. The summed E-state index contributed by atoms with van der Waals surface area (Å²) in [6.07, 6.45) is 2.85. The van der Waals surface area contributed by atoms with Gasteiger partial charge in [0.2, 0.25) is 0 Å². The molecule has 4 rings (SSSR count). The van der Waals surface area contributed by atoms with Gasteiger partial charge in [-0.25, -0.2) is 4.79 Å². The Bertz CT molecular complexity index is 1190. The van der Waals surface area contributed by atoms with E-state index >= 15 is 0 Å². The van der Waals surface area contributed by atoms with Crippen molar-refractivity contribution in [3.8, 4) is 0 Å². The zero-order valence-corrected chi connectivity index (χ0v) is 27.2. The van der Waals surface area contributed by atoms with Crippen LogP contribution in [0.15, 0.2) is 36.7 Å². The van der Waals surface area contributed by atoms with Gasteiger partial charge < -0.3 is 34.6 Å². The highest BCUT2D eigenvalue weighted by atomic mass is 16.5. The lowest BCUT2D eigenvalue weighted by Crippen LogP contribution is -2.47. The Morgan fingerprint density at radius 3 is 1.49 bits per heavy atom. The molecule has 4 heterocycles. The van der Waals surface area contributed by atoms with Crippen molar-refractivity contribution in [3.05, 3.63) is 59.2 Å². The second kappa shape index (κ2) is 20.2. The van der Waals surface area contributed by atoms with Crippen molar-refractivity contribution >= 4 is 23.7 Å².